The van der Waals surface area contributed by atoms with Crippen LogP contribution in [0.25, 0.3) is 0 Å². The fraction of sp³-hybridized carbons (Fsp3) is 0.400. The Morgan fingerprint density at radius 3 is 2.58 bits per heavy atom. The second-order valence-corrected chi connectivity index (χ2v) is 6.69. The van der Waals surface area contributed by atoms with Gasteiger partial charge >= 0.3 is 0 Å². The Kier molecular flexibility index (Phi) is 6.17. The number of amides is 1. The molecule has 1 aliphatic carbocycles. The number of pyridine rings is 1. The molecule has 1 saturated carbocycles. The Morgan fingerprint density at radius 1 is 1.19 bits per heavy atom. The normalized spacial score (nSPS) is 15.4. The van der Waals surface area contributed by atoms with E-state index in [1.165, 1.54) is 62.9 Å². The summed E-state index contributed by atoms with van der Waals surface area (Å²) in [6, 6.07) is 8.43. The minimum absolute atomic E-state index is 0.0996. The number of hydrogen-bond donors (Lipinski definition) is 2. The summed E-state index contributed by atoms with van der Waals surface area (Å²) in [6.45, 7) is 0.646. The highest BCUT2D eigenvalue weighted by Crippen LogP contribution is 2.24. The van der Waals surface area contributed by atoms with Gasteiger partial charge in [-0.2, -0.15) is 0 Å². The summed E-state index contributed by atoms with van der Waals surface area (Å²) in [4.78, 5) is 15.0. The number of hydrogen-bond acceptors (Lipinski definition) is 4. The number of carbonyl (C=O) groups is 1. The number of carbonyl (C=O) groups excluding carboxylic acids is 1. The molecule has 0 radical (unpaired) electrons. The van der Waals surface area contributed by atoms with Gasteiger partial charge in [-0.15, -0.1) is 0 Å². The maximum atomic E-state index is 14.3. The molecule has 0 aliphatic heterocycles. The highest BCUT2D eigenvalue weighted by atomic mass is 19.1. The molecule has 0 spiro atoms. The minimum Gasteiger partial charge on any atom is -0.436 e. The summed E-state index contributed by atoms with van der Waals surface area (Å²) in [7, 11) is 0. The van der Waals surface area contributed by atoms with Crippen LogP contribution in [0.1, 0.15) is 54.4 Å². The minimum atomic E-state index is -0.569. The molecule has 1 fully saturated rings. The molecular formula is C20H24FN3O2. The van der Waals surface area contributed by atoms with Gasteiger partial charge in [0.2, 0.25) is 11.8 Å². The van der Waals surface area contributed by atoms with Crippen molar-refractivity contribution >= 4 is 5.91 Å². The fourth-order valence-corrected chi connectivity index (χ4v) is 3.18. The molecular weight excluding hydrogens is 333 g/mol. The first kappa shape index (κ1) is 18.3. The Hall–Kier alpha value is -2.47. The van der Waals surface area contributed by atoms with Gasteiger partial charge < -0.3 is 15.8 Å². The van der Waals surface area contributed by atoms with Gasteiger partial charge in [0.25, 0.3) is 0 Å². The number of nitrogens with two attached hydrogens (primary N) is 1. The van der Waals surface area contributed by atoms with Crippen LogP contribution in [0.5, 0.6) is 11.6 Å². The summed E-state index contributed by atoms with van der Waals surface area (Å²) in [6.07, 6.45) is 8.84. The Bertz CT molecular complexity index is 741. The van der Waals surface area contributed by atoms with E-state index >= 15 is 0 Å². The predicted molar refractivity (Wildman–Crippen MR) is 97.6 cm³/mol. The first-order valence-electron chi connectivity index (χ1n) is 9.07. The van der Waals surface area contributed by atoms with E-state index in [-0.39, 0.29) is 17.2 Å². The molecule has 1 aromatic carbocycles. The molecule has 1 heterocycles. The van der Waals surface area contributed by atoms with Gasteiger partial charge in [0.1, 0.15) is 0 Å². The number of halogens is 1. The first-order valence-corrected chi connectivity index (χ1v) is 9.07. The smallest absolute Gasteiger partial charge is 0.250 e. The summed E-state index contributed by atoms with van der Waals surface area (Å²) in [5, 5.41) is 3.53. The van der Waals surface area contributed by atoms with Crippen molar-refractivity contribution in [3.05, 3.63) is 53.5 Å². The van der Waals surface area contributed by atoms with Crippen LogP contribution in [0.2, 0.25) is 0 Å². The highest BCUT2D eigenvalue weighted by Gasteiger charge is 2.12. The third-order valence-electron chi connectivity index (χ3n) is 4.68. The zero-order chi connectivity index (χ0) is 18.4. The van der Waals surface area contributed by atoms with Crippen molar-refractivity contribution < 1.29 is 13.9 Å². The average molecular weight is 357 g/mol. The van der Waals surface area contributed by atoms with Gasteiger partial charge in [-0.3, -0.25) is 4.79 Å². The monoisotopic (exact) mass is 357 g/mol. The van der Waals surface area contributed by atoms with Crippen molar-refractivity contribution in [3.8, 4) is 11.6 Å². The largest absolute Gasteiger partial charge is 0.436 e. The van der Waals surface area contributed by atoms with Gasteiger partial charge in [-0.1, -0.05) is 31.7 Å². The number of nitrogens with one attached hydrogen (secondary N) is 1. The van der Waals surface area contributed by atoms with Crippen molar-refractivity contribution in [1.29, 1.82) is 0 Å². The van der Waals surface area contributed by atoms with Crippen molar-refractivity contribution in [1.82, 2.24) is 10.3 Å². The van der Waals surface area contributed by atoms with E-state index in [4.69, 9.17) is 10.5 Å². The molecule has 0 bridgehead atoms. The average Bonchev–Trinajstić information content (AvgIpc) is 2.91. The lowest BCUT2D eigenvalue weighted by Crippen LogP contribution is -2.27. The SMILES string of the molecule is NC(=O)c1ccc(Oc2ccc(CNC3CCCCCC3)cc2F)nc1. The molecule has 1 aromatic heterocycles. The lowest BCUT2D eigenvalue weighted by molar-refractivity contribution is 0.1000. The van der Waals surface area contributed by atoms with E-state index in [2.05, 4.69) is 10.3 Å². The number of ether oxygens (including phenoxy) is 1. The van der Waals surface area contributed by atoms with E-state index in [0.717, 1.165) is 5.56 Å². The molecule has 26 heavy (non-hydrogen) atoms. The second-order valence-electron chi connectivity index (χ2n) is 6.69. The van der Waals surface area contributed by atoms with Crippen LogP contribution in [-0.2, 0) is 6.54 Å². The molecule has 0 saturated heterocycles. The fourth-order valence-electron chi connectivity index (χ4n) is 3.18. The first-order chi connectivity index (χ1) is 12.6. The third kappa shape index (κ3) is 5.02. The van der Waals surface area contributed by atoms with Crippen LogP contribution in [0.15, 0.2) is 36.5 Å². The van der Waals surface area contributed by atoms with E-state index in [9.17, 15) is 9.18 Å². The van der Waals surface area contributed by atoms with Crippen LogP contribution >= 0.6 is 0 Å². The third-order valence-corrected chi connectivity index (χ3v) is 4.68. The molecule has 138 valence electrons. The standard InChI is InChI=1S/C20H24FN3O2/c21-17-11-14(12-23-16-5-3-1-2-4-6-16)7-9-18(17)26-19-10-8-15(13-24-19)20(22)25/h7-11,13,16,23H,1-6,12H2,(H2,22,25). The number of primary amides is 1. The summed E-state index contributed by atoms with van der Waals surface area (Å²) < 4.78 is 19.8. The van der Waals surface area contributed by atoms with E-state index < -0.39 is 11.7 Å². The lowest BCUT2D eigenvalue weighted by Gasteiger charge is -2.16. The number of rotatable bonds is 6. The highest BCUT2D eigenvalue weighted by molar-refractivity contribution is 5.92. The van der Waals surface area contributed by atoms with Crippen LogP contribution in [0, 0.1) is 5.82 Å². The van der Waals surface area contributed by atoms with Crippen LogP contribution in [0.4, 0.5) is 4.39 Å². The van der Waals surface area contributed by atoms with Crippen molar-refractivity contribution in [3.63, 3.8) is 0 Å². The maximum absolute atomic E-state index is 14.3. The predicted octanol–water partition coefficient (Wildman–Crippen LogP) is 3.92. The van der Waals surface area contributed by atoms with E-state index in [0.29, 0.717) is 12.6 Å². The van der Waals surface area contributed by atoms with Crippen LogP contribution in [0.3, 0.4) is 0 Å². The molecule has 0 atom stereocenters. The van der Waals surface area contributed by atoms with E-state index in [1.807, 2.05) is 6.07 Å². The van der Waals surface area contributed by atoms with Gasteiger partial charge in [0, 0.05) is 24.8 Å². The Balaban J connectivity index is 1.59. The lowest BCUT2D eigenvalue weighted by atomic mass is 10.1. The number of nitrogens with zero attached hydrogens (tertiary/aromatic N) is 1. The molecule has 2 aromatic rings. The summed E-state index contributed by atoms with van der Waals surface area (Å²) >= 11 is 0. The number of benzene rings is 1. The van der Waals surface area contributed by atoms with Crippen LogP contribution in [-0.4, -0.2) is 16.9 Å². The molecule has 3 N–H and O–H groups in total. The topological polar surface area (TPSA) is 77.2 Å². The van der Waals surface area contributed by atoms with E-state index in [1.54, 1.807) is 6.07 Å². The van der Waals surface area contributed by atoms with Crippen molar-refractivity contribution in [2.75, 3.05) is 0 Å². The zero-order valence-electron chi connectivity index (χ0n) is 14.7. The molecule has 1 amide bonds. The Labute approximate surface area is 152 Å². The van der Waals surface area contributed by atoms with Gasteiger partial charge in [0.05, 0.1) is 5.56 Å². The van der Waals surface area contributed by atoms with Gasteiger partial charge in [-0.25, -0.2) is 9.37 Å². The maximum Gasteiger partial charge on any atom is 0.250 e. The Morgan fingerprint density at radius 2 is 1.96 bits per heavy atom. The number of aromatic nitrogens is 1. The quantitative estimate of drug-likeness (QED) is 0.768. The zero-order valence-corrected chi connectivity index (χ0v) is 14.7. The van der Waals surface area contributed by atoms with Crippen molar-refractivity contribution in [2.45, 2.75) is 51.1 Å². The van der Waals surface area contributed by atoms with Gasteiger partial charge in [0.15, 0.2) is 11.6 Å². The molecule has 3 rings (SSSR count). The second kappa shape index (κ2) is 8.76. The van der Waals surface area contributed by atoms with Gasteiger partial charge in [-0.05, 0) is 36.6 Å². The molecule has 0 unspecified atom stereocenters. The molecule has 1 aliphatic rings. The van der Waals surface area contributed by atoms with Crippen LogP contribution < -0.4 is 15.8 Å². The molecule has 6 heteroatoms. The molecule has 5 nitrogen and oxygen atoms in total. The summed E-state index contributed by atoms with van der Waals surface area (Å²) in [5.41, 5.74) is 6.32. The summed E-state index contributed by atoms with van der Waals surface area (Å²) in [5.74, 6) is -0.701. The van der Waals surface area contributed by atoms with Crippen molar-refractivity contribution in [2.24, 2.45) is 5.73 Å².